The summed E-state index contributed by atoms with van der Waals surface area (Å²) >= 11 is 0. The molecule has 2 aliphatic rings. The maximum absolute atomic E-state index is 13.6. The lowest BCUT2D eigenvalue weighted by atomic mass is 9.95. The molecule has 0 saturated carbocycles. The van der Waals surface area contributed by atoms with Crippen molar-refractivity contribution in [1.29, 1.82) is 0 Å². The first-order chi connectivity index (χ1) is 8.65. The Morgan fingerprint density at radius 2 is 2.22 bits per heavy atom. The van der Waals surface area contributed by atoms with Crippen molar-refractivity contribution in [2.75, 3.05) is 19.6 Å². The molecule has 3 heteroatoms. The van der Waals surface area contributed by atoms with Gasteiger partial charge in [-0.1, -0.05) is 12.1 Å². The molecule has 3 atom stereocenters. The molecule has 3 unspecified atom stereocenters. The second-order valence-electron chi connectivity index (χ2n) is 5.84. The number of benzene rings is 1. The molecule has 98 valence electrons. The Labute approximate surface area is 108 Å². The van der Waals surface area contributed by atoms with E-state index in [1.807, 2.05) is 13.0 Å². The van der Waals surface area contributed by atoms with Gasteiger partial charge in [-0.3, -0.25) is 4.90 Å². The number of rotatable bonds is 2. The van der Waals surface area contributed by atoms with Gasteiger partial charge in [-0.25, -0.2) is 4.39 Å². The maximum atomic E-state index is 13.6. The lowest BCUT2D eigenvalue weighted by molar-refractivity contribution is 0.231. The first kappa shape index (κ1) is 12.1. The van der Waals surface area contributed by atoms with Crippen molar-refractivity contribution in [3.05, 3.63) is 35.1 Å². The van der Waals surface area contributed by atoms with Crippen LogP contribution in [0.3, 0.4) is 0 Å². The summed E-state index contributed by atoms with van der Waals surface area (Å²) in [6.07, 6.45) is 0. The molecule has 1 N–H and O–H groups in total. The average Bonchev–Trinajstić information content (AvgIpc) is 2.89. The molecule has 2 heterocycles. The van der Waals surface area contributed by atoms with E-state index in [-0.39, 0.29) is 5.82 Å². The van der Waals surface area contributed by atoms with Gasteiger partial charge in [0.15, 0.2) is 0 Å². The minimum Gasteiger partial charge on any atom is -0.316 e. The number of fused-ring (bicyclic) bond motifs is 1. The normalized spacial score (nSPS) is 31.8. The molecule has 0 bridgehead atoms. The van der Waals surface area contributed by atoms with Gasteiger partial charge < -0.3 is 5.32 Å². The second-order valence-corrected chi connectivity index (χ2v) is 5.84. The molecule has 0 aromatic heterocycles. The molecular formula is C15H21FN2. The van der Waals surface area contributed by atoms with Crippen LogP contribution in [0.1, 0.15) is 18.1 Å². The van der Waals surface area contributed by atoms with Crippen molar-refractivity contribution in [2.24, 2.45) is 11.8 Å². The topological polar surface area (TPSA) is 15.3 Å². The van der Waals surface area contributed by atoms with E-state index in [1.165, 1.54) is 0 Å². The largest absolute Gasteiger partial charge is 0.316 e. The number of nitrogens with one attached hydrogen (secondary N) is 1. The van der Waals surface area contributed by atoms with Crippen LogP contribution in [-0.2, 0) is 6.54 Å². The number of hydrogen-bond donors (Lipinski definition) is 1. The lowest BCUT2D eigenvalue weighted by Crippen LogP contribution is -2.32. The number of hydrogen-bond acceptors (Lipinski definition) is 2. The Morgan fingerprint density at radius 3 is 2.94 bits per heavy atom. The zero-order chi connectivity index (χ0) is 12.7. The van der Waals surface area contributed by atoms with Crippen molar-refractivity contribution in [1.82, 2.24) is 10.2 Å². The summed E-state index contributed by atoms with van der Waals surface area (Å²) in [5.74, 6) is 1.48. The van der Waals surface area contributed by atoms with Crippen molar-refractivity contribution >= 4 is 0 Å². The van der Waals surface area contributed by atoms with Crippen LogP contribution in [0.15, 0.2) is 18.2 Å². The molecule has 2 saturated heterocycles. The molecule has 0 spiro atoms. The van der Waals surface area contributed by atoms with Crippen LogP contribution in [0.4, 0.5) is 4.39 Å². The quantitative estimate of drug-likeness (QED) is 0.863. The summed E-state index contributed by atoms with van der Waals surface area (Å²) in [5.41, 5.74) is 1.83. The second kappa shape index (κ2) is 4.63. The van der Waals surface area contributed by atoms with E-state index in [1.54, 1.807) is 6.07 Å². The van der Waals surface area contributed by atoms with Crippen LogP contribution in [-0.4, -0.2) is 30.6 Å². The van der Waals surface area contributed by atoms with Crippen LogP contribution in [0.2, 0.25) is 0 Å². The molecule has 1 aromatic carbocycles. The molecule has 0 amide bonds. The summed E-state index contributed by atoms with van der Waals surface area (Å²) in [7, 11) is 0. The fraction of sp³-hybridized carbons (Fsp3) is 0.600. The van der Waals surface area contributed by atoms with Gasteiger partial charge in [0.25, 0.3) is 0 Å². The zero-order valence-electron chi connectivity index (χ0n) is 11.1. The van der Waals surface area contributed by atoms with E-state index in [4.69, 9.17) is 0 Å². The summed E-state index contributed by atoms with van der Waals surface area (Å²) in [4.78, 5) is 2.50. The van der Waals surface area contributed by atoms with Gasteiger partial charge in [0.05, 0.1) is 0 Å². The van der Waals surface area contributed by atoms with Gasteiger partial charge in [0, 0.05) is 19.1 Å². The van der Waals surface area contributed by atoms with Crippen molar-refractivity contribution in [3.63, 3.8) is 0 Å². The van der Waals surface area contributed by atoms with Crippen molar-refractivity contribution in [2.45, 2.75) is 26.4 Å². The fourth-order valence-electron chi connectivity index (χ4n) is 3.43. The van der Waals surface area contributed by atoms with E-state index in [9.17, 15) is 4.39 Å². The molecule has 0 radical (unpaired) electrons. The van der Waals surface area contributed by atoms with Gasteiger partial charge in [-0.05, 0) is 56.0 Å². The van der Waals surface area contributed by atoms with Gasteiger partial charge in [-0.2, -0.15) is 0 Å². The van der Waals surface area contributed by atoms with Crippen molar-refractivity contribution in [3.8, 4) is 0 Å². The molecular weight excluding hydrogens is 227 g/mol. The summed E-state index contributed by atoms with van der Waals surface area (Å²) in [5, 5.41) is 3.47. The van der Waals surface area contributed by atoms with E-state index < -0.39 is 0 Å². The standard InChI is InChI=1S/C15H21FN2/c1-10-3-4-12(5-15(10)16)8-18-9-13-6-17-7-14(13)11(18)2/h3-5,11,13-14,17H,6-9H2,1-2H3. The third-order valence-corrected chi connectivity index (χ3v) is 4.68. The number of nitrogens with zero attached hydrogens (tertiary/aromatic N) is 1. The Bertz CT molecular complexity index is 446. The van der Waals surface area contributed by atoms with Crippen molar-refractivity contribution < 1.29 is 4.39 Å². The molecule has 2 aliphatic heterocycles. The van der Waals surface area contributed by atoms with Crippen LogP contribution >= 0.6 is 0 Å². The molecule has 2 fully saturated rings. The van der Waals surface area contributed by atoms with Gasteiger partial charge in [0.2, 0.25) is 0 Å². The smallest absolute Gasteiger partial charge is 0.126 e. The molecule has 18 heavy (non-hydrogen) atoms. The van der Waals surface area contributed by atoms with Crippen LogP contribution in [0.25, 0.3) is 0 Å². The monoisotopic (exact) mass is 248 g/mol. The highest BCUT2D eigenvalue weighted by Gasteiger charge is 2.41. The highest BCUT2D eigenvalue weighted by Crippen LogP contribution is 2.33. The van der Waals surface area contributed by atoms with E-state index in [0.717, 1.165) is 49.1 Å². The summed E-state index contributed by atoms with van der Waals surface area (Å²) < 4.78 is 13.6. The predicted molar refractivity (Wildman–Crippen MR) is 70.9 cm³/mol. The minimum atomic E-state index is -0.0822. The highest BCUT2D eigenvalue weighted by molar-refractivity contribution is 5.23. The lowest BCUT2D eigenvalue weighted by Gasteiger charge is -2.24. The van der Waals surface area contributed by atoms with Crippen LogP contribution in [0.5, 0.6) is 0 Å². The minimum absolute atomic E-state index is 0.0822. The molecule has 2 nitrogen and oxygen atoms in total. The van der Waals surface area contributed by atoms with E-state index >= 15 is 0 Å². The van der Waals surface area contributed by atoms with Gasteiger partial charge in [-0.15, -0.1) is 0 Å². The summed E-state index contributed by atoms with van der Waals surface area (Å²) in [6, 6.07) is 6.23. The van der Waals surface area contributed by atoms with Crippen LogP contribution < -0.4 is 5.32 Å². The maximum Gasteiger partial charge on any atom is 0.126 e. The Morgan fingerprint density at radius 1 is 1.39 bits per heavy atom. The van der Waals surface area contributed by atoms with Gasteiger partial charge >= 0.3 is 0 Å². The first-order valence-corrected chi connectivity index (χ1v) is 6.85. The first-order valence-electron chi connectivity index (χ1n) is 6.85. The zero-order valence-corrected chi connectivity index (χ0v) is 11.1. The third kappa shape index (κ3) is 2.06. The molecule has 1 aromatic rings. The Balaban J connectivity index is 1.71. The van der Waals surface area contributed by atoms with E-state index in [0.29, 0.717) is 6.04 Å². The highest BCUT2D eigenvalue weighted by atomic mass is 19.1. The molecule has 0 aliphatic carbocycles. The van der Waals surface area contributed by atoms with Gasteiger partial charge in [0.1, 0.15) is 5.82 Å². The Hall–Kier alpha value is -0.930. The average molecular weight is 248 g/mol. The Kier molecular flexibility index (Phi) is 3.12. The number of halogens is 1. The van der Waals surface area contributed by atoms with Crippen LogP contribution in [0, 0.1) is 24.6 Å². The molecule has 3 rings (SSSR count). The SMILES string of the molecule is Cc1ccc(CN2CC3CNCC3C2C)cc1F. The van der Waals surface area contributed by atoms with E-state index in [2.05, 4.69) is 23.2 Å². The number of aryl methyl sites for hydroxylation is 1. The predicted octanol–water partition coefficient (Wildman–Crippen LogP) is 2.17. The third-order valence-electron chi connectivity index (χ3n) is 4.68. The summed E-state index contributed by atoms with van der Waals surface area (Å²) in [6.45, 7) is 8.44. The fourth-order valence-corrected chi connectivity index (χ4v) is 3.43. The number of likely N-dealkylation sites (tertiary alicyclic amines) is 1.